The lowest BCUT2D eigenvalue weighted by Gasteiger charge is -2.30. The smallest absolute Gasteiger partial charge is 0.327 e. The molecule has 1 aromatic rings. The van der Waals surface area contributed by atoms with Gasteiger partial charge in [0.05, 0.1) is 11.9 Å². The minimum absolute atomic E-state index is 0.100. The Kier molecular flexibility index (Phi) is 3.67. The van der Waals surface area contributed by atoms with Crippen LogP contribution in [0, 0.1) is 0 Å². The second-order valence-electron chi connectivity index (χ2n) is 5.07. The van der Waals surface area contributed by atoms with Gasteiger partial charge in [-0.1, -0.05) is 24.3 Å². The molecule has 0 unspecified atom stereocenters. The number of carboxylic acids is 1. The van der Waals surface area contributed by atoms with Crippen LogP contribution >= 0.6 is 11.8 Å². The zero-order chi connectivity index (χ0) is 14.1. The molecule has 106 valence electrons. The number of rotatable bonds is 2. The number of hydrogen-bond acceptors (Lipinski definition) is 4. The molecule has 1 saturated heterocycles. The fourth-order valence-corrected chi connectivity index (χ4v) is 3.85. The molecule has 1 amide bonds. The van der Waals surface area contributed by atoms with Crippen molar-refractivity contribution in [2.75, 3.05) is 11.6 Å². The molecule has 2 atom stereocenters. The van der Waals surface area contributed by atoms with Crippen molar-refractivity contribution in [1.82, 2.24) is 10.2 Å². The predicted molar refractivity (Wildman–Crippen MR) is 76.4 cm³/mol. The van der Waals surface area contributed by atoms with Crippen LogP contribution in [-0.2, 0) is 22.6 Å². The van der Waals surface area contributed by atoms with Crippen LogP contribution in [0.25, 0.3) is 0 Å². The second kappa shape index (κ2) is 5.46. The molecule has 0 bridgehead atoms. The molecule has 0 spiro atoms. The number of aliphatic carboxylic acids is 1. The van der Waals surface area contributed by atoms with Gasteiger partial charge in [0, 0.05) is 12.3 Å². The van der Waals surface area contributed by atoms with Crippen molar-refractivity contribution in [2.24, 2.45) is 0 Å². The molecule has 2 heterocycles. The first-order valence-electron chi connectivity index (χ1n) is 6.58. The van der Waals surface area contributed by atoms with Gasteiger partial charge in [0.1, 0.15) is 6.04 Å². The lowest BCUT2D eigenvalue weighted by molar-refractivity contribution is -0.148. The van der Waals surface area contributed by atoms with E-state index in [0.717, 1.165) is 0 Å². The fourth-order valence-electron chi connectivity index (χ4n) is 2.69. The maximum atomic E-state index is 12.5. The highest BCUT2D eigenvalue weighted by atomic mass is 32.2. The van der Waals surface area contributed by atoms with Crippen molar-refractivity contribution >= 4 is 23.6 Å². The van der Waals surface area contributed by atoms with Gasteiger partial charge < -0.3 is 15.3 Å². The van der Waals surface area contributed by atoms with E-state index in [1.165, 1.54) is 27.8 Å². The van der Waals surface area contributed by atoms with Crippen LogP contribution in [-0.4, -0.2) is 45.6 Å². The van der Waals surface area contributed by atoms with Gasteiger partial charge in [-0.3, -0.25) is 4.79 Å². The van der Waals surface area contributed by atoms with Crippen molar-refractivity contribution in [3.8, 4) is 0 Å². The number of carbonyl (C=O) groups excluding carboxylic acids is 1. The fraction of sp³-hybridized carbons (Fsp3) is 0.429. The number of carboxylic acid groups (broad SMARTS) is 1. The summed E-state index contributed by atoms with van der Waals surface area (Å²) in [6.07, 6.45) is 0.627. The summed E-state index contributed by atoms with van der Waals surface area (Å²) in [6.45, 7) is 0.658. The van der Waals surface area contributed by atoms with E-state index in [1.54, 1.807) is 0 Å². The summed E-state index contributed by atoms with van der Waals surface area (Å²) in [7, 11) is 0. The summed E-state index contributed by atoms with van der Waals surface area (Å²) in [5, 5.41) is 12.4. The monoisotopic (exact) mass is 292 g/mol. The molecule has 5 nitrogen and oxygen atoms in total. The molecule has 0 radical (unpaired) electrons. The van der Waals surface area contributed by atoms with Gasteiger partial charge in [0.25, 0.3) is 0 Å². The van der Waals surface area contributed by atoms with E-state index >= 15 is 0 Å². The Morgan fingerprint density at radius 3 is 2.80 bits per heavy atom. The number of fused-ring (bicyclic) bond motifs is 1. The minimum Gasteiger partial charge on any atom is -0.480 e. The first-order valence-corrected chi connectivity index (χ1v) is 7.73. The Bertz CT molecular complexity index is 549. The molecule has 1 fully saturated rings. The Labute approximate surface area is 121 Å². The lowest BCUT2D eigenvalue weighted by Crippen LogP contribution is -2.52. The predicted octanol–water partition coefficient (Wildman–Crippen LogP) is 0.687. The van der Waals surface area contributed by atoms with E-state index in [9.17, 15) is 9.59 Å². The highest BCUT2D eigenvalue weighted by Gasteiger charge is 2.38. The van der Waals surface area contributed by atoms with Gasteiger partial charge in [-0.15, -0.1) is 11.8 Å². The maximum Gasteiger partial charge on any atom is 0.327 e. The van der Waals surface area contributed by atoms with Gasteiger partial charge in [0.15, 0.2) is 0 Å². The first kappa shape index (κ1) is 13.5. The van der Waals surface area contributed by atoms with E-state index in [2.05, 4.69) is 11.4 Å². The molecule has 2 aliphatic rings. The molecule has 6 heteroatoms. The summed E-state index contributed by atoms with van der Waals surface area (Å²) in [6, 6.07) is 7.04. The summed E-state index contributed by atoms with van der Waals surface area (Å²) >= 11 is 1.49. The van der Waals surface area contributed by atoms with Crippen molar-refractivity contribution in [3.63, 3.8) is 0 Å². The average Bonchev–Trinajstić information content (AvgIpc) is 2.95. The van der Waals surface area contributed by atoms with Crippen molar-refractivity contribution in [1.29, 1.82) is 0 Å². The normalized spacial score (nSPS) is 25.3. The summed E-state index contributed by atoms with van der Waals surface area (Å²) in [5.41, 5.74) is 2.38. The lowest BCUT2D eigenvalue weighted by atomic mass is 9.95. The highest BCUT2D eigenvalue weighted by Crippen LogP contribution is 2.24. The molecule has 2 aliphatic heterocycles. The molecule has 0 aliphatic carbocycles. The first-order chi connectivity index (χ1) is 9.66. The van der Waals surface area contributed by atoms with Gasteiger partial charge in [0.2, 0.25) is 5.91 Å². The average molecular weight is 292 g/mol. The Balaban J connectivity index is 1.74. The molecule has 0 saturated carbocycles. The van der Waals surface area contributed by atoms with Crippen LogP contribution in [0.5, 0.6) is 0 Å². The SMILES string of the molecule is O=C(O)[C@@H]1CSCN1C(=O)[C@H]1Cc2ccccc2CN1. The molecule has 20 heavy (non-hydrogen) atoms. The van der Waals surface area contributed by atoms with E-state index in [4.69, 9.17) is 5.11 Å². The van der Waals surface area contributed by atoms with E-state index in [1.807, 2.05) is 18.2 Å². The largest absolute Gasteiger partial charge is 0.480 e. The summed E-state index contributed by atoms with van der Waals surface area (Å²) < 4.78 is 0. The van der Waals surface area contributed by atoms with Gasteiger partial charge in [-0.05, 0) is 17.5 Å². The molecule has 1 aromatic carbocycles. The van der Waals surface area contributed by atoms with Crippen LogP contribution in [0.15, 0.2) is 24.3 Å². The van der Waals surface area contributed by atoms with Crippen LogP contribution in [0.4, 0.5) is 0 Å². The molecule has 0 aromatic heterocycles. The van der Waals surface area contributed by atoms with Crippen LogP contribution in [0.3, 0.4) is 0 Å². The van der Waals surface area contributed by atoms with Crippen LogP contribution in [0.1, 0.15) is 11.1 Å². The summed E-state index contributed by atoms with van der Waals surface area (Å²) in [5.74, 6) is -0.0727. The van der Waals surface area contributed by atoms with E-state index < -0.39 is 12.0 Å². The number of benzene rings is 1. The van der Waals surface area contributed by atoms with Gasteiger partial charge >= 0.3 is 5.97 Å². The topological polar surface area (TPSA) is 69.6 Å². The third-order valence-electron chi connectivity index (χ3n) is 3.83. The standard InChI is InChI=1S/C14H16N2O3S/c17-13(16-8-20-7-12(16)14(18)19)11-5-9-3-1-2-4-10(9)6-15-11/h1-4,11-12,15H,5-8H2,(H,18,19)/t11-,12+/m1/s1. The van der Waals surface area contributed by atoms with Crippen LogP contribution < -0.4 is 5.32 Å². The Morgan fingerprint density at radius 2 is 2.05 bits per heavy atom. The quantitative estimate of drug-likeness (QED) is 0.839. The van der Waals surface area contributed by atoms with Crippen molar-refractivity contribution in [3.05, 3.63) is 35.4 Å². The number of thioether (sulfide) groups is 1. The minimum atomic E-state index is -0.917. The zero-order valence-electron chi connectivity index (χ0n) is 10.9. The third-order valence-corrected chi connectivity index (χ3v) is 4.84. The second-order valence-corrected chi connectivity index (χ2v) is 6.07. The van der Waals surface area contributed by atoms with Crippen LogP contribution in [0.2, 0.25) is 0 Å². The zero-order valence-corrected chi connectivity index (χ0v) is 11.7. The van der Waals surface area contributed by atoms with Gasteiger partial charge in [-0.2, -0.15) is 0 Å². The third kappa shape index (κ3) is 2.41. The van der Waals surface area contributed by atoms with E-state index in [0.29, 0.717) is 24.6 Å². The maximum absolute atomic E-state index is 12.5. The van der Waals surface area contributed by atoms with Gasteiger partial charge in [-0.25, -0.2) is 4.79 Å². The molecular formula is C14H16N2O3S. The van der Waals surface area contributed by atoms with Crippen molar-refractivity contribution in [2.45, 2.75) is 25.0 Å². The Morgan fingerprint density at radius 1 is 1.30 bits per heavy atom. The molecule has 3 rings (SSSR count). The highest BCUT2D eigenvalue weighted by molar-refractivity contribution is 7.99. The molecular weight excluding hydrogens is 276 g/mol. The number of amides is 1. The van der Waals surface area contributed by atoms with Crippen molar-refractivity contribution < 1.29 is 14.7 Å². The number of carbonyl (C=O) groups is 2. The Hall–Kier alpha value is -1.53. The number of nitrogens with one attached hydrogen (secondary N) is 1. The number of nitrogens with zero attached hydrogens (tertiary/aromatic N) is 1. The van der Waals surface area contributed by atoms with E-state index in [-0.39, 0.29) is 11.9 Å². The summed E-state index contributed by atoms with van der Waals surface area (Å²) in [4.78, 5) is 25.2. The number of hydrogen-bond donors (Lipinski definition) is 2. The molecule has 2 N–H and O–H groups in total.